The monoisotopic (exact) mass is 1060 g/mol. The van der Waals surface area contributed by atoms with Crippen molar-refractivity contribution in [2.24, 2.45) is 17.8 Å². The molecule has 6 N–H and O–H groups in total. The number of halogens is 1. The Labute approximate surface area is 411 Å². The molecule has 380 valence electrons. The van der Waals surface area contributed by atoms with Gasteiger partial charge in [-0.2, -0.15) is 0 Å². The minimum atomic E-state index is -1.98. The van der Waals surface area contributed by atoms with E-state index in [9.17, 15) is 35.1 Å². The first-order valence-corrected chi connectivity index (χ1v) is 25.1. The van der Waals surface area contributed by atoms with Crippen molar-refractivity contribution >= 4 is 45.2 Å². The number of ether oxygens (including phenoxy) is 6. The number of carbonyl (C=O) groups excluding carboxylic acids is 2. The zero-order valence-corrected chi connectivity index (χ0v) is 44.0. The highest BCUT2D eigenvalue weighted by Gasteiger charge is 2.53. The Bertz CT molecular complexity index is 1940. The average Bonchev–Trinajstić information content (AvgIpc) is 3.26. The van der Waals surface area contributed by atoms with Gasteiger partial charge in [0.25, 0.3) is 0 Å². The number of aliphatic hydroxyl groups is 5. The van der Waals surface area contributed by atoms with Gasteiger partial charge in [-0.3, -0.25) is 14.5 Å². The molecule has 0 aliphatic carbocycles. The van der Waals surface area contributed by atoms with Gasteiger partial charge in [0.15, 0.2) is 16.7 Å². The third-order valence-corrected chi connectivity index (χ3v) is 16.2. The molecule has 3 heterocycles. The summed E-state index contributed by atoms with van der Waals surface area (Å²) >= 11 is 1.82. The van der Waals surface area contributed by atoms with Crippen LogP contribution in [0, 0.1) is 17.8 Å². The standard InChI is InChI=1S/C50H80IN3O13/c1-27-24-48(8,60)44(66-46-40(56)37(53(11)12)23-28(2)63-46)29(3)41(65-39-25-49(9,62-13)43(58)33(7)64-39)30(4)45(59)67-47(51)50(10,61)42(57)32(6)54(26-27)22-21-38(55)52-31(5)35-20-16-18-34-17-14-15-19-36(34)35/h14-20,27-33,37,39-44,46-47,56-58,60-61H,21-26H2,1-13H3,(H,52,55)/t27-,28-,29+,30-,31+,32-,33+,37+,39+,40-,41+,42-,43+,44-,46+,47+,48-,49-,50+/m1/s1. The number of fused-ring (bicyclic) bond motifs is 1. The van der Waals surface area contributed by atoms with Gasteiger partial charge in [-0.15, -0.1) is 0 Å². The Hall–Kier alpha value is -2.11. The Morgan fingerprint density at radius 2 is 1.61 bits per heavy atom. The molecule has 2 aromatic carbocycles. The van der Waals surface area contributed by atoms with E-state index in [-0.39, 0.29) is 62.4 Å². The van der Waals surface area contributed by atoms with Crippen molar-refractivity contribution in [1.29, 1.82) is 0 Å². The van der Waals surface area contributed by atoms with Crippen molar-refractivity contribution in [2.45, 2.75) is 189 Å². The van der Waals surface area contributed by atoms with E-state index in [4.69, 9.17) is 28.4 Å². The van der Waals surface area contributed by atoms with Crippen molar-refractivity contribution in [3.05, 3.63) is 48.0 Å². The number of likely N-dealkylation sites (N-methyl/N-ethyl adjacent to an activating group) is 1. The van der Waals surface area contributed by atoms with Crippen LogP contribution in [-0.4, -0.2) is 170 Å². The molecular formula is C50H80IN3O13. The zero-order chi connectivity index (χ0) is 49.9. The summed E-state index contributed by atoms with van der Waals surface area (Å²) in [4.78, 5) is 32.0. The quantitative estimate of drug-likeness (QED) is 0.103. The number of hydrogen-bond acceptors (Lipinski definition) is 15. The summed E-state index contributed by atoms with van der Waals surface area (Å²) in [5, 5.41) is 65.0. The van der Waals surface area contributed by atoms with Crippen molar-refractivity contribution < 1.29 is 63.5 Å². The predicted molar refractivity (Wildman–Crippen MR) is 262 cm³/mol. The van der Waals surface area contributed by atoms with Gasteiger partial charge in [-0.25, -0.2) is 0 Å². The number of nitrogens with zero attached hydrogens (tertiary/aromatic N) is 2. The third kappa shape index (κ3) is 13.1. The molecule has 17 heteroatoms. The van der Waals surface area contributed by atoms with Crippen LogP contribution in [0.25, 0.3) is 10.8 Å². The van der Waals surface area contributed by atoms with Gasteiger partial charge >= 0.3 is 5.97 Å². The van der Waals surface area contributed by atoms with E-state index < -0.39 is 94.0 Å². The molecule has 0 bridgehead atoms. The molecule has 0 radical (unpaired) electrons. The molecule has 3 aliphatic rings. The largest absolute Gasteiger partial charge is 0.448 e. The van der Waals surface area contributed by atoms with Crippen LogP contribution in [0.2, 0.25) is 0 Å². The molecule has 1 amide bonds. The Kier molecular flexibility index (Phi) is 19.1. The zero-order valence-electron chi connectivity index (χ0n) is 41.8. The number of hydrogen-bond donors (Lipinski definition) is 6. The van der Waals surface area contributed by atoms with Gasteiger partial charge in [0.2, 0.25) is 5.91 Å². The normalized spacial score (nSPS) is 41.6. The third-order valence-electron chi connectivity index (χ3n) is 14.7. The van der Waals surface area contributed by atoms with Crippen molar-refractivity contribution in [3.63, 3.8) is 0 Å². The smallest absolute Gasteiger partial charge is 0.312 e. The first-order chi connectivity index (χ1) is 31.2. The maximum atomic E-state index is 14.4. The fourth-order valence-electron chi connectivity index (χ4n) is 10.6. The lowest BCUT2D eigenvalue weighted by Crippen LogP contribution is -2.60. The number of carbonyl (C=O) groups is 2. The van der Waals surface area contributed by atoms with E-state index in [0.717, 1.165) is 16.3 Å². The number of esters is 1. The summed E-state index contributed by atoms with van der Waals surface area (Å²) in [6.45, 7) is 17.9. The van der Waals surface area contributed by atoms with Crippen LogP contribution in [0.5, 0.6) is 0 Å². The van der Waals surface area contributed by atoms with E-state index in [1.54, 1.807) is 41.5 Å². The number of rotatable bonds is 11. The molecule has 3 fully saturated rings. The Morgan fingerprint density at radius 1 is 0.955 bits per heavy atom. The maximum Gasteiger partial charge on any atom is 0.312 e. The molecule has 16 nitrogen and oxygen atoms in total. The van der Waals surface area contributed by atoms with Crippen LogP contribution >= 0.6 is 22.6 Å². The molecule has 0 saturated carbocycles. The van der Waals surface area contributed by atoms with Crippen molar-refractivity contribution in [2.75, 3.05) is 34.3 Å². The van der Waals surface area contributed by atoms with Crippen LogP contribution in [0.4, 0.5) is 0 Å². The summed E-state index contributed by atoms with van der Waals surface area (Å²) in [5.74, 6) is -3.21. The number of alkyl halides is 1. The summed E-state index contributed by atoms with van der Waals surface area (Å²) in [6.07, 6.45) is -8.18. The van der Waals surface area contributed by atoms with Crippen molar-refractivity contribution in [1.82, 2.24) is 15.1 Å². The van der Waals surface area contributed by atoms with Crippen LogP contribution in [-0.2, 0) is 38.0 Å². The minimum absolute atomic E-state index is 0.0580. The molecule has 0 unspecified atom stereocenters. The lowest BCUT2D eigenvalue weighted by atomic mass is 9.77. The molecule has 0 aromatic heterocycles. The second kappa shape index (κ2) is 23.0. The average molecular weight is 1060 g/mol. The second-order valence-corrected chi connectivity index (χ2v) is 21.9. The molecule has 3 aliphatic heterocycles. The first kappa shape index (κ1) is 55.8. The topological polar surface area (TPSA) is 209 Å². The number of aliphatic hydroxyl groups excluding tert-OH is 3. The summed E-state index contributed by atoms with van der Waals surface area (Å²) < 4.78 is 36.6. The van der Waals surface area contributed by atoms with Crippen molar-refractivity contribution in [3.8, 4) is 0 Å². The predicted octanol–water partition coefficient (Wildman–Crippen LogP) is 4.67. The second-order valence-electron chi connectivity index (χ2n) is 20.7. The fraction of sp³-hybridized carbons (Fsp3) is 0.760. The number of nitrogens with one attached hydrogen (secondary N) is 1. The number of methoxy groups -OCH3 is 1. The summed E-state index contributed by atoms with van der Waals surface area (Å²) in [5.41, 5.74) is -3.74. The lowest BCUT2D eigenvalue weighted by molar-refractivity contribution is -0.317. The molecular weight excluding hydrogens is 977 g/mol. The van der Waals surface area contributed by atoms with Crippen LogP contribution in [0.15, 0.2) is 42.5 Å². The van der Waals surface area contributed by atoms with E-state index >= 15 is 0 Å². The van der Waals surface area contributed by atoms with Crippen LogP contribution in [0.1, 0.15) is 107 Å². The highest BCUT2D eigenvalue weighted by atomic mass is 127. The number of benzene rings is 2. The Morgan fingerprint density at radius 3 is 2.27 bits per heavy atom. The van der Waals surface area contributed by atoms with E-state index in [2.05, 4.69) is 5.32 Å². The van der Waals surface area contributed by atoms with Gasteiger partial charge in [-0.05, 0) is 127 Å². The first-order valence-electron chi connectivity index (χ1n) is 23.9. The SMILES string of the molecule is CO[C@]1(C)C[C@H](O[C@H]2[C@H](C)[C@@H](O[C@@H]3O[C@H](C)C[C@H](N(C)C)[C@H]3O)[C@](C)(O)C[C@@H](C)CN(CCC(=O)N[C@@H](C)c3cccc4ccccc34)[C@H](C)[C@@H](O)[C@](C)(O)[C@@H](I)OC(=O)[C@@H]2C)O[C@@H](C)[C@@H]1O. The van der Waals surface area contributed by atoms with E-state index in [0.29, 0.717) is 6.42 Å². The molecule has 3 saturated heterocycles. The fourth-order valence-corrected chi connectivity index (χ4v) is 11.2. The molecule has 2 aromatic rings. The summed E-state index contributed by atoms with van der Waals surface area (Å²) in [7, 11) is 5.24. The maximum absolute atomic E-state index is 14.4. The lowest BCUT2D eigenvalue weighted by Gasteiger charge is -2.48. The molecule has 67 heavy (non-hydrogen) atoms. The number of cyclic esters (lactones) is 1. The van der Waals surface area contributed by atoms with Gasteiger partial charge < -0.3 is 64.2 Å². The van der Waals surface area contributed by atoms with E-state index in [1.165, 1.54) is 14.0 Å². The van der Waals surface area contributed by atoms with Crippen LogP contribution in [0.3, 0.4) is 0 Å². The number of amides is 1. The summed E-state index contributed by atoms with van der Waals surface area (Å²) in [6, 6.07) is 12.6. The highest BCUT2D eigenvalue weighted by Crippen LogP contribution is 2.40. The molecule has 5 rings (SSSR count). The molecule has 0 spiro atoms. The Balaban J connectivity index is 1.51. The minimum Gasteiger partial charge on any atom is -0.448 e. The van der Waals surface area contributed by atoms with Crippen LogP contribution < -0.4 is 5.32 Å². The molecule has 19 atom stereocenters. The van der Waals surface area contributed by atoms with Gasteiger partial charge in [0, 0.05) is 51.0 Å². The highest BCUT2D eigenvalue weighted by molar-refractivity contribution is 14.1. The van der Waals surface area contributed by atoms with Gasteiger partial charge in [-0.1, -0.05) is 56.3 Å². The van der Waals surface area contributed by atoms with Gasteiger partial charge in [0.05, 0.1) is 47.6 Å². The van der Waals surface area contributed by atoms with Gasteiger partial charge in [0.1, 0.15) is 23.9 Å². The van der Waals surface area contributed by atoms with E-state index in [1.807, 2.05) is 110 Å².